The van der Waals surface area contributed by atoms with Crippen molar-refractivity contribution in [3.05, 3.63) is 47.5 Å². The number of ether oxygens (including phenoxy) is 1. The molecular formula is C16H16ClN3O2S. The van der Waals surface area contributed by atoms with Crippen LogP contribution in [0.5, 0.6) is 5.75 Å². The van der Waals surface area contributed by atoms with Gasteiger partial charge >= 0.3 is 6.03 Å². The van der Waals surface area contributed by atoms with Crippen molar-refractivity contribution in [3.63, 3.8) is 0 Å². The predicted octanol–water partition coefficient (Wildman–Crippen LogP) is 3.76. The Labute approximate surface area is 144 Å². The fourth-order valence-corrected chi connectivity index (χ4v) is 3.39. The summed E-state index contributed by atoms with van der Waals surface area (Å²) in [5.74, 6) is 0.703. The van der Waals surface area contributed by atoms with Crippen LogP contribution in [0.1, 0.15) is 0 Å². The van der Waals surface area contributed by atoms with E-state index in [1.54, 1.807) is 28.4 Å². The van der Waals surface area contributed by atoms with Gasteiger partial charge in [-0.2, -0.15) is 0 Å². The number of urea groups is 1. The second-order valence-corrected chi connectivity index (χ2v) is 6.39. The van der Waals surface area contributed by atoms with Crippen LogP contribution in [0.2, 0.25) is 5.02 Å². The van der Waals surface area contributed by atoms with E-state index in [-0.39, 0.29) is 6.03 Å². The molecule has 1 aliphatic heterocycles. The number of rotatable bonds is 4. The van der Waals surface area contributed by atoms with Gasteiger partial charge in [0.15, 0.2) is 0 Å². The Morgan fingerprint density at radius 2 is 1.96 bits per heavy atom. The summed E-state index contributed by atoms with van der Waals surface area (Å²) >= 11 is 7.29. The summed E-state index contributed by atoms with van der Waals surface area (Å²) < 4.78 is 7.17. The molecule has 0 fully saturated rings. The predicted molar refractivity (Wildman–Crippen MR) is 94.6 cm³/mol. The highest BCUT2D eigenvalue weighted by Gasteiger charge is 2.30. The lowest BCUT2D eigenvalue weighted by Crippen LogP contribution is -2.40. The standard InChI is InChI=1S/C16H16ClN3O2S/c1-19-14-10-13(22-9-8-18)6-7-15(14)23-20(16(19)21)12-4-2-11(17)3-5-12/h2-7,10H,8-9,18H2,1H3. The normalized spacial score (nSPS) is 14.0. The lowest BCUT2D eigenvalue weighted by atomic mass is 10.2. The van der Waals surface area contributed by atoms with E-state index in [1.165, 1.54) is 11.9 Å². The molecule has 120 valence electrons. The van der Waals surface area contributed by atoms with Crippen LogP contribution in [0.3, 0.4) is 0 Å². The monoisotopic (exact) mass is 349 g/mol. The van der Waals surface area contributed by atoms with E-state index in [0.29, 0.717) is 23.9 Å². The summed E-state index contributed by atoms with van der Waals surface area (Å²) in [5.41, 5.74) is 7.05. The Hall–Kier alpha value is -1.89. The van der Waals surface area contributed by atoms with Gasteiger partial charge in [-0.05, 0) is 48.3 Å². The highest BCUT2D eigenvalue weighted by molar-refractivity contribution is 8.01. The van der Waals surface area contributed by atoms with Crippen LogP contribution in [-0.2, 0) is 0 Å². The van der Waals surface area contributed by atoms with Crippen molar-refractivity contribution in [3.8, 4) is 5.75 Å². The number of anilines is 2. The fraction of sp³-hybridized carbons (Fsp3) is 0.188. The van der Waals surface area contributed by atoms with Gasteiger partial charge in [0.1, 0.15) is 12.4 Å². The zero-order chi connectivity index (χ0) is 16.4. The molecule has 0 radical (unpaired) electrons. The molecule has 1 heterocycles. The number of benzene rings is 2. The van der Waals surface area contributed by atoms with Gasteiger partial charge in [-0.3, -0.25) is 4.90 Å². The SMILES string of the molecule is CN1C(=O)N(c2ccc(Cl)cc2)Sc2ccc(OCCN)cc21. The van der Waals surface area contributed by atoms with E-state index in [4.69, 9.17) is 22.1 Å². The van der Waals surface area contributed by atoms with Crippen molar-refractivity contribution in [1.29, 1.82) is 0 Å². The fourth-order valence-electron chi connectivity index (χ4n) is 2.22. The maximum Gasteiger partial charge on any atom is 0.339 e. The van der Waals surface area contributed by atoms with Gasteiger partial charge in [-0.1, -0.05) is 11.6 Å². The summed E-state index contributed by atoms with van der Waals surface area (Å²) in [5, 5.41) is 0.638. The summed E-state index contributed by atoms with van der Waals surface area (Å²) in [6.45, 7) is 0.894. The number of carbonyl (C=O) groups is 1. The minimum atomic E-state index is -0.124. The number of halogens is 1. The number of carbonyl (C=O) groups excluding carboxylic acids is 1. The Balaban J connectivity index is 1.90. The van der Waals surface area contributed by atoms with Crippen LogP contribution in [0, 0.1) is 0 Å². The molecule has 0 aliphatic carbocycles. The quantitative estimate of drug-likeness (QED) is 0.854. The smallest absolute Gasteiger partial charge is 0.339 e. The molecule has 5 nitrogen and oxygen atoms in total. The van der Waals surface area contributed by atoms with Crippen molar-refractivity contribution in [2.45, 2.75) is 4.90 Å². The van der Waals surface area contributed by atoms with Gasteiger partial charge in [-0.25, -0.2) is 9.10 Å². The Kier molecular flexibility index (Phi) is 4.66. The molecule has 0 bridgehead atoms. The lowest BCUT2D eigenvalue weighted by Gasteiger charge is -2.33. The van der Waals surface area contributed by atoms with E-state index < -0.39 is 0 Å². The number of nitrogens with zero attached hydrogens (tertiary/aromatic N) is 2. The largest absolute Gasteiger partial charge is 0.492 e. The maximum atomic E-state index is 12.6. The topological polar surface area (TPSA) is 58.8 Å². The van der Waals surface area contributed by atoms with Gasteiger partial charge in [0.2, 0.25) is 0 Å². The van der Waals surface area contributed by atoms with Crippen LogP contribution < -0.4 is 19.7 Å². The molecule has 23 heavy (non-hydrogen) atoms. The van der Waals surface area contributed by atoms with Crippen molar-refractivity contribution < 1.29 is 9.53 Å². The van der Waals surface area contributed by atoms with Crippen LogP contribution >= 0.6 is 23.5 Å². The minimum Gasteiger partial charge on any atom is -0.492 e. The Morgan fingerprint density at radius 1 is 1.22 bits per heavy atom. The van der Waals surface area contributed by atoms with Gasteiger partial charge in [0.05, 0.1) is 16.3 Å². The molecule has 2 aromatic carbocycles. The highest BCUT2D eigenvalue weighted by Crippen LogP contribution is 2.42. The van der Waals surface area contributed by atoms with E-state index >= 15 is 0 Å². The second kappa shape index (κ2) is 6.70. The molecule has 7 heteroatoms. The Morgan fingerprint density at radius 3 is 2.65 bits per heavy atom. The van der Waals surface area contributed by atoms with Crippen LogP contribution in [0.25, 0.3) is 0 Å². The first-order valence-electron chi connectivity index (χ1n) is 7.08. The van der Waals surface area contributed by atoms with Gasteiger partial charge in [0, 0.05) is 24.7 Å². The van der Waals surface area contributed by atoms with Crippen molar-refractivity contribution >= 4 is 41.0 Å². The minimum absolute atomic E-state index is 0.124. The van der Waals surface area contributed by atoms with E-state index in [0.717, 1.165) is 16.3 Å². The summed E-state index contributed by atoms with van der Waals surface area (Å²) in [6, 6.07) is 12.7. The lowest BCUT2D eigenvalue weighted by molar-refractivity contribution is 0.255. The van der Waals surface area contributed by atoms with Crippen LogP contribution in [-0.4, -0.2) is 26.2 Å². The molecule has 0 aromatic heterocycles. The summed E-state index contributed by atoms with van der Waals surface area (Å²) in [7, 11) is 1.75. The van der Waals surface area contributed by atoms with E-state index in [1.807, 2.05) is 30.3 Å². The van der Waals surface area contributed by atoms with Gasteiger partial charge in [-0.15, -0.1) is 0 Å². The molecule has 0 unspecified atom stereocenters. The summed E-state index contributed by atoms with van der Waals surface area (Å²) in [6.07, 6.45) is 0. The average molecular weight is 350 g/mol. The molecule has 1 aliphatic rings. The molecule has 0 saturated heterocycles. The van der Waals surface area contributed by atoms with E-state index in [9.17, 15) is 4.79 Å². The van der Waals surface area contributed by atoms with Gasteiger partial charge in [0.25, 0.3) is 0 Å². The number of fused-ring (bicyclic) bond motifs is 1. The molecule has 2 N–H and O–H groups in total. The van der Waals surface area contributed by atoms with Gasteiger partial charge < -0.3 is 10.5 Å². The molecule has 0 saturated carbocycles. The molecule has 2 amide bonds. The molecule has 0 atom stereocenters. The highest BCUT2D eigenvalue weighted by atomic mass is 35.5. The Bertz CT molecular complexity index is 724. The zero-order valence-corrected chi connectivity index (χ0v) is 14.1. The third-order valence-electron chi connectivity index (χ3n) is 3.39. The van der Waals surface area contributed by atoms with Crippen LogP contribution in [0.15, 0.2) is 47.4 Å². The van der Waals surface area contributed by atoms with Crippen molar-refractivity contribution in [2.75, 3.05) is 29.4 Å². The van der Waals surface area contributed by atoms with Crippen LogP contribution in [0.4, 0.5) is 16.2 Å². The van der Waals surface area contributed by atoms with E-state index in [2.05, 4.69) is 0 Å². The zero-order valence-electron chi connectivity index (χ0n) is 12.5. The summed E-state index contributed by atoms with van der Waals surface area (Å²) in [4.78, 5) is 15.2. The maximum absolute atomic E-state index is 12.6. The van der Waals surface area contributed by atoms with Crippen molar-refractivity contribution in [2.24, 2.45) is 5.73 Å². The number of hydrogen-bond acceptors (Lipinski definition) is 4. The number of nitrogens with two attached hydrogens (primary N) is 1. The molecule has 3 rings (SSSR count). The first kappa shape index (κ1) is 16.0. The second-order valence-electron chi connectivity index (χ2n) is 4.97. The third kappa shape index (κ3) is 3.24. The first-order chi connectivity index (χ1) is 11.1. The van der Waals surface area contributed by atoms with Crippen molar-refractivity contribution in [1.82, 2.24) is 0 Å². The third-order valence-corrected chi connectivity index (χ3v) is 4.73. The first-order valence-corrected chi connectivity index (χ1v) is 8.23. The molecule has 2 aromatic rings. The number of hydrogen-bond donors (Lipinski definition) is 1. The average Bonchev–Trinajstić information content (AvgIpc) is 2.57. The molecule has 0 spiro atoms. The molecular weight excluding hydrogens is 334 g/mol. The number of amides is 2.